The highest BCUT2D eigenvalue weighted by Gasteiger charge is 2.30. The Morgan fingerprint density at radius 3 is 2.66 bits per heavy atom. The number of oxime groups is 1. The van der Waals surface area contributed by atoms with Crippen molar-refractivity contribution in [2.75, 3.05) is 6.61 Å². The molecular weight excluding hydrogens is 449 g/mol. The average molecular weight is 468 g/mol. The number of carbonyl (C=O) groups is 1. The second kappa shape index (κ2) is 9.57. The zero-order valence-corrected chi connectivity index (χ0v) is 18.2. The fraction of sp³-hybridized carbons (Fsp3) is 0.300. The van der Waals surface area contributed by atoms with E-state index < -0.39 is 30.1 Å². The van der Waals surface area contributed by atoms with E-state index in [1.807, 2.05) is 0 Å². The standard InChI is InChI=1S/C20H19F3N4O4S/c1-12(2)26-31-19(28)27-16-7-5-4-6-14(16)25-18(27)32(29)10-15-13(3)17(8-9-24-15)30-11-20(21,22)23/h4-9H,10-11H2,1-3H3. The van der Waals surface area contributed by atoms with Gasteiger partial charge in [0.2, 0.25) is 0 Å². The molecule has 0 fully saturated rings. The van der Waals surface area contributed by atoms with Gasteiger partial charge in [0.1, 0.15) is 5.75 Å². The number of imidazole rings is 1. The molecule has 3 aromatic rings. The van der Waals surface area contributed by atoms with Crippen molar-refractivity contribution in [3.8, 4) is 5.75 Å². The Balaban J connectivity index is 1.92. The Bertz CT molecular complexity index is 1160. The normalized spacial score (nSPS) is 12.5. The molecule has 0 aliphatic rings. The Morgan fingerprint density at radius 1 is 1.25 bits per heavy atom. The summed E-state index contributed by atoms with van der Waals surface area (Å²) in [6.07, 6.45) is -4.13. The molecule has 0 saturated heterocycles. The van der Waals surface area contributed by atoms with Crippen LogP contribution in [-0.2, 0) is 21.8 Å². The molecular formula is C20H19F3N4O4S. The van der Waals surface area contributed by atoms with Crippen LogP contribution >= 0.6 is 0 Å². The number of pyridine rings is 1. The summed E-state index contributed by atoms with van der Waals surface area (Å²) in [7, 11) is 0. The lowest BCUT2D eigenvalue weighted by Crippen LogP contribution is -2.21. The second-order valence-electron chi connectivity index (χ2n) is 6.89. The van der Waals surface area contributed by atoms with Gasteiger partial charge >= 0.3 is 17.4 Å². The number of ether oxygens (including phenoxy) is 1. The van der Waals surface area contributed by atoms with E-state index in [0.29, 0.717) is 22.3 Å². The van der Waals surface area contributed by atoms with Crippen LogP contribution in [0, 0.1) is 6.92 Å². The molecule has 3 rings (SSSR count). The van der Waals surface area contributed by atoms with Crippen LogP contribution in [0.1, 0.15) is 25.1 Å². The SMILES string of the molecule is CC(C)=NOC(=O)n1c([S+]([O-])Cc2nccc(OCC(F)(F)F)c2C)nc2ccccc21. The van der Waals surface area contributed by atoms with Gasteiger partial charge in [-0.2, -0.15) is 22.7 Å². The third kappa shape index (κ3) is 5.56. The highest BCUT2D eigenvalue weighted by molar-refractivity contribution is 7.90. The van der Waals surface area contributed by atoms with Gasteiger partial charge < -0.3 is 9.29 Å². The number of alkyl halides is 3. The van der Waals surface area contributed by atoms with Crippen molar-refractivity contribution in [1.82, 2.24) is 14.5 Å². The topological polar surface area (TPSA) is 102 Å². The molecule has 1 unspecified atom stereocenters. The summed E-state index contributed by atoms with van der Waals surface area (Å²) in [5.74, 6) is -0.230. The van der Waals surface area contributed by atoms with Gasteiger partial charge in [-0.3, -0.25) is 9.82 Å². The molecule has 0 saturated carbocycles. The minimum absolute atomic E-state index is 0.0232. The van der Waals surface area contributed by atoms with Crippen LogP contribution < -0.4 is 4.74 Å². The van der Waals surface area contributed by atoms with E-state index in [1.165, 1.54) is 19.2 Å². The zero-order chi connectivity index (χ0) is 23.5. The number of hydrogen-bond acceptors (Lipinski definition) is 7. The molecule has 32 heavy (non-hydrogen) atoms. The van der Waals surface area contributed by atoms with Gasteiger partial charge in [0, 0.05) is 22.9 Å². The monoisotopic (exact) mass is 468 g/mol. The predicted molar refractivity (Wildman–Crippen MR) is 111 cm³/mol. The quantitative estimate of drug-likeness (QED) is 0.230. The van der Waals surface area contributed by atoms with Crippen LogP contribution in [0.5, 0.6) is 5.75 Å². The largest absolute Gasteiger partial charge is 0.609 e. The molecule has 1 aromatic carbocycles. The molecule has 0 bridgehead atoms. The van der Waals surface area contributed by atoms with Crippen molar-refractivity contribution in [2.45, 2.75) is 37.9 Å². The third-order valence-electron chi connectivity index (χ3n) is 4.14. The van der Waals surface area contributed by atoms with Crippen molar-refractivity contribution in [1.29, 1.82) is 0 Å². The van der Waals surface area contributed by atoms with Crippen molar-refractivity contribution in [2.24, 2.45) is 5.16 Å². The highest BCUT2D eigenvalue weighted by atomic mass is 32.2. The van der Waals surface area contributed by atoms with Crippen LogP contribution in [0.2, 0.25) is 0 Å². The lowest BCUT2D eigenvalue weighted by atomic mass is 10.2. The Hall–Kier alpha value is -3.12. The molecule has 12 heteroatoms. The number of aromatic nitrogens is 3. The summed E-state index contributed by atoms with van der Waals surface area (Å²) in [5, 5.41) is 3.54. The van der Waals surface area contributed by atoms with Gasteiger partial charge in [0.15, 0.2) is 12.4 Å². The maximum absolute atomic E-state index is 13.2. The number of halogens is 3. The van der Waals surface area contributed by atoms with Crippen molar-refractivity contribution in [3.63, 3.8) is 0 Å². The number of rotatable bonds is 6. The van der Waals surface area contributed by atoms with E-state index in [-0.39, 0.29) is 22.4 Å². The molecule has 2 heterocycles. The Kier molecular flexibility index (Phi) is 7.04. The van der Waals surface area contributed by atoms with E-state index in [0.717, 1.165) is 4.57 Å². The van der Waals surface area contributed by atoms with Crippen LogP contribution in [-0.4, -0.2) is 43.7 Å². The number of carbonyl (C=O) groups excluding carboxylic acids is 1. The van der Waals surface area contributed by atoms with E-state index in [9.17, 15) is 22.5 Å². The first-order valence-corrected chi connectivity index (χ1v) is 10.6. The number of fused-ring (bicyclic) bond motifs is 1. The van der Waals surface area contributed by atoms with Crippen LogP contribution in [0.3, 0.4) is 0 Å². The molecule has 0 N–H and O–H groups in total. The first kappa shape index (κ1) is 23.5. The number of hydrogen-bond donors (Lipinski definition) is 0. The number of nitrogens with zero attached hydrogens (tertiary/aromatic N) is 4. The van der Waals surface area contributed by atoms with Gasteiger partial charge in [-0.1, -0.05) is 17.3 Å². The summed E-state index contributed by atoms with van der Waals surface area (Å²) in [6.45, 7) is 3.34. The summed E-state index contributed by atoms with van der Waals surface area (Å²) < 4.78 is 56.5. The van der Waals surface area contributed by atoms with Crippen molar-refractivity contribution in [3.05, 3.63) is 47.8 Å². The van der Waals surface area contributed by atoms with E-state index in [4.69, 9.17) is 9.57 Å². The Labute approximate surface area is 184 Å². The zero-order valence-electron chi connectivity index (χ0n) is 17.3. The fourth-order valence-corrected chi connectivity index (χ4v) is 3.96. The molecule has 8 nitrogen and oxygen atoms in total. The molecule has 0 amide bonds. The Morgan fingerprint density at radius 2 is 1.97 bits per heavy atom. The van der Waals surface area contributed by atoms with Crippen LogP contribution in [0.15, 0.2) is 46.8 Å². The number of para-hydroxylation sites is 2. The van der Waals surface area contributed by atoms with Crippen LogP contribution in [0.4, 0.5) is 18.0 Å². The maximum Gasteiger partial charge on any atom is 0.449 e. The van der Waals surface area contributed by atoms with E-state index in [1.54, 1.807) is 38.1 Å². The van der Waals surface area contributed by atoms with Crippen molar-refractivity contribution < 1.29 is 32.1 Å². The summed E-state index contributed by atoms with van der Waals surface area (Å²) >= 11 is -1.89. The lowest BCUT2D eigenvalue weighted by molar-refractivity contribution is -0.153. The molecule has 1 atom stereocenters. The van der Waals surface area contributed by atoms with E-state index in [2.05, 4.69) is 15.1 Å². The second-order valence-corrected chi connectivity index (χ2v) is 8.23. The molecule has 0 spiro atoms. The van der Waals surface area contributed by atoms with Gasteiger partial charge in [0.05, 0.1) is 22.4 Å². The highest BCUT2D eigenvalue weighted by Crippen LogP contribution is 2.27. The number of benzene rings is 1. The summed E-state index contributed by atoms with van der Waals surface area (Å²) in [5.41, 5.74) is 1.84. The molecule has 2 aromatic heterocycles. The molecule has 0 radical (unpaired) electrons. The molecule has 0 aliphatic heterocycles. The summed E-state index contributed by atoms with van der Waals surface area (Å²) in [4.78, 5) is 25.9. The minimum Gasteiger partial charge on any atom is -0.609 e. The predicted octanol–water partition coefficient (Wildman–Crippen LogP) is 4.37. The van der Waals surface area contributed by atoms with Gasteiger partial charge in [-0.15, -0.1) is 0 Å². The van der Waals surface area contributed by atoms with Gasteiger partial charge in [-0.05, 0) is 39.0 Å². The van der Waals surface area contributed by atoms with Crippen molar-refractivity contribution >= 4 is 34.0 Å². The summed E-state index contributed by atoms with van der Waals surface area (Å²) in [6, 6.07) is 7.94. The maximum atomic E-state index is 13.2. The third-order valence-corrected chi connectivity index (χ3v) is 5.36. The lowest BCUT2D eigenvalue weighted by Gasteiger charge is -2.14. The van der Waals surface area contributed by atoms with Crippen LogP contribution in [0.25, 0.3) is 11.0 Å². The first-order chi connectivity index (χ1) is 15.1. The molecule has 0 aliphatic carbocycles. The van der Waals surface area contributed by atoms with Gasteiger partial charge in [-0.25, -0.2) is 4.79 Å². The minimum atomic E-state index is -4.50. The first-order valence-electron chi connectivity index (χ1n) is 9.29. The average Bonchev–Trinajstić information content (AvgIpc) is 3.12. The smallest absolute Gasteiger partial charge is 0.449 e. The van der Waals surface area contributed by atoms with Gasteiger partial charge in [0.25, 0.3) is 0 Å². The fourth-order valence-electron chi connectivity index (χ4n) is 2.71. The molecule has 170 valence electrons. The van der Waals surface area contributed by atoms with E-state index >= 15 is 0 Å².